The maximum absolute atomic E-state index is 13.0. The Labute approximate surface area is 193 Å². The van der Waals surface area contributed by atoms with E-state index in [1.165, 1.54) is 30.9 Å². The number of rotatable bonds is 11. The number of aryl methyl sites for hydroxylation is 1. The summed E-state index contributed by atoms with van der Waals surface area (Å²) in [7, 11) is 0. The van der Waals surface area contributed by atoms with Crippen LogP contribution in [0.15, 0.2) is 78.9 Å². The van der Waals surface area contributed by atoms with Crippen LogP contribution in [0.5, 0.6) is 0 Å². The maximum atomic E-state index is 13.0. The predicted molar refractivity (Wildman–Crippen MR) is 127 cm³/mol. The lowest BCUT2D eigenvalue weighted by atomic mass is 10.0. The van der Waals surface area contributed by atoms with E-state index in [0.29, 0.717) is 23.2 Å². The molecule has 3 aromatic rings. The summed E-state index contributed by atoms with van der Waals surface area (Å²) in [6.45, 7) is 0.594. The monoisotopic (exact) mass is 453 g/mol. The Kier molecular flexibility index (Phi) is 9.11. The maximum Gasteiger partial charge on any atom is 0.416 e. The topological polar surface area (TPSA) is 29.1 Å². The third kappa shape index (κ3) is 8.08. The molecule has 0 fully saturated rings. The Bertz CT molecular complexity index is 1010. The highest BCUT2D eigenvalue weighted by Gasteiger charge is 2.30. The van der Waals surface area contributed by atoms with Crippen LogP contribution in [0.25, 0.3) is 11.1 Å². The molecule has 33 heavy (non-hydrogen) atoms. The molecule has 0 aliphatic rings. The Morgan fingerprint density at radius 3 is 2.06 bits per heavy atom. The van der Waals surface area contributed by atoms with Gasteiger partial charge in [-0.3, -0.25) is 4.79 Å². The van der Waals surface area contributed by atoms with Crippen LogP contribution in [0.4, 0.5) is 13.2 Å². The summed E-state index contributed by atoms with van der Waals surface area (Å²) in [4.78, 5) is 12.5. The first-order chi connectivity index (χ1) is 15.9. The third-order valence-corrected chi connectivity index (χ3v) is 5.67. The van der Waals surface area contributed by atoms with E-state index >= 15 is 0 Å². The molecule has 0 heterocycles. The van der Waals surface area contributed by atoms with Crippen molar-refractivity contribution in [2.45, 2.75) is 51.1 Å². The van der Waals surface area contributed by atoms with Crippen LogP contribution < -0.4 is 5.32 Å². The normalized spacial score (nSPS) is 11.4. The smallest absolute Gasteiger partial charge is 0.352 e. The van der Waals surface area contributed by atoms with Gasteiger partial charge >= 0.3 is 6.18 Å². The highest BCUT2D eigenvalue weighted by atomic mass is 19.4. The summed E-state index contributed by atoms with van der Waals surface area (Å²) in [6, 6.07) is 22.4. The van der Waals surface area contributed by atoms with E-state index in [0.717, 1.165) is 37.8 Å². The van der Waals surface area contributed by atoms with Gasteiger partial charge in [0.25, 0.3) is 5.91 Å². The van der Waals surface area contributed by atoms with Crippen LogP contribution in [0.2, 0.25) is 0 Å². The lowest BCUT2D eigenvalue weighted by molar-refractivity contribution is -0.137. The van der Waals surface area contributed by atoms with Crippen LogP contribution in [-0.4, -0.2) is 12.5 Å². The molecule has 0 spiro atoms. The van der Waals surface area contributed by atoms with Crippen molar-refractivity contribution in [1.29, 1.82) is 0 Å². The number of hydrogen-bond acceptors (Lipinski definition) is 1. The summed E-state index contributed by atoms with van der Waals surface area (Å²) < 4.78 is 39.0. The SMILES string of the molecule is O=C(NCCCCCCCCc1ccccc1)c1cccc(-c2cccc(C(F)(F)F)c2)c1. The fraction of sp³-hybridized carbons (Fsp3) is 0.321. The van der Waals surface area contributed by atoms with E-state index < -0.39 is 11.7 Å². The Morgan fingerprint density at radius 1 is 0.697 bits per heavy atom. The molecule has 0 aromatic heterocycles. The van der Waals surface area contributed by atoms with Gasteiger partial charge in [-0.25, -0.2) is 0 Å². The summed E-state index contributed by atoms with van der Waals surface area (Å²) in [5, 5.41) is 2.92. The molecule has 0 unspecified atom stereocenters. The molecule has 1 amide bonds. The van der Waals surface area contributed by atoms with Gasteiger partial charge in [0, 0.05) is 12.1 Å². The van der Waals surface area contributed by atoms with Crippen molar-refractivity contribution in [3.63, 3.8) is 0 Å². The lowest BCUT2D eigenvalue weighted by Crippen LogP contribution is -2.24. The van der Waals surface area contributed by atoms with Gasteiger partial charge in [0.15, 0.2) is 0 Å². The standard InChI is InChI=1S/C28H30F3NO/c29-28(30,31)26-18-11-16-24(21-26)23-15-10-17-25(20-23)27(33)32-19-9-4-2-1-3-6-12-22-13-7-5-8-14-22/h5,7-8,10-11,13-18,20-21H,1-4,6,9,12,19H2,(H,32,33). The Morgan fingerprint density at radius 2 is 1.33 bits per heavy atom. The number of benzene rings is 3. The molecule has 0 atom stereocenters. The van der Waals surface area contributed by atoms with Gasteiger partial charge in [0.1, 0.15) is 0 Å². The van der Waals surface area contributed by atoms with E-state index in [9.17, 15) is 18.0 Å². The van der Waals surface area contributed by atoms with Gasteiger partial charge in [-0.2, -0.15) is 13.2 Å². The Balaban J connectivity index is 1.37. The minimum Gasteiger partial charge on any atom is -0.352 e. The number of nitrogens with one attached hydrogen (secondary N) is 1. The average Bonchev–Trinajstić information content (AvgIpc) is 2.83. The molecule has 5 heteroatoms. The summed E-state index contributed by atoms with van der Waals surface area (Å²) in [6.07, 6.45) is 3.46. The van der Waals surface area contributed by atoms with Gasteiger partial charge in [-0.1, -0.05) is 80.3 Å². The second-order valence-electron chi connectivity index (χ2n) is 8.27. The van der Waals surface area contributed by atoms with Gasteiger partial charge in [0.05, 0.1) is 5.56 Å². The first-order valence-corrected chi connectivity index (χ1v) is 11.5. The molecule has 0 aliphatic carbocycles. The number of halogens is 3. The molecule has 3 rings (SSSR count). The van der Waals surface area contributed by atoms with E-state index in [2.05, 4.69) is 29.6 Å². The van der Waals surface area contributed by atoms with E-state index in [4.69, 9.17) is 0 Å². The zero-order valence-electron chi connectivity index (χ0n) is 18.7. The molecule has 1 N–H and O–H groups in total. The first-order valence-electron chi connectivity index (χ1n) is 11.5. The average molecular weight is 454 g/mol. The molecule has 174 valence electrons. The highest BCUT2D eigenvalue weighted by molar-refractivity contribution is 5.95. The number of unbranched alkanes of at least 4 members (excludes halogenated alkanes) is 5. The molecule has 0 bridgehead atoms. The van der Waals surface area contributed by atoms with Gasteiger partial charge in [-0.05, 0) is 60.2 Å². The van der Waals surface area contributed by atoms with E-state index in [-0.39, 0.29) is 5.91 Å². The van der Waals surface area contributed by atoms with Crippen LogP contribution in [0.3, 0.4) is 0 Å². The quantitative estimate of drug-likeness (QED) is 0.296. The lowest BCUT2D eigenvalue weighted by Gasteiger charge is -2.10. The fourth-order valence-corrected chi connectivity index (χ4v) is 3.82. The van der Waals surface area contributed by atoms with Crippen molar-refractivity contribution >= 4 is 5.91 Å². The second-order valence-corrected chi connectivity index (χ2v) is 8.27. The van der Waals surface area contributed by atoms with Crippen LogP contribution in [-0.2, 0) is 12.6 Å². The number of carbonyl (C=O) groups excluding carboxylic acids is 1. The number of carbonyl (C=O) groups is 1. The van der Waals surface area contributed by atoms with Crippen LogP contribution in [0, 0.1) is 0 Å². The van der Waals surface area contributed by atoms with Crippen LogP contribution in [0.1, 0.15) is 60.0 Å². The molecule has 0 saturated carbocycles. The molecule has 0 aliphatic heterocycles. The van der Waals surface area contributed by atoms with Crippen molar-refractivity contribution in [2.75, 3.05) is 6.54 Å². The zero-order chi connectivity index (χ0) is 23.5. The minimum absolute atomic E-state index is 0.202. The van der Waals surface area contributed by atoms with Gasteiger partial charge in [0.2, 0.25) is 0 Å². The van der Waals surface area contributed by atoms with Gasteiger partial charge in [-0.15, -0.1) is 0 Å². The second kappa shape index (κ2) is 12.2. The van der Waals surface area contributed by atoms with Gasteiger partial charge < -0.3 is 5.32 Å². The number of hydrogen-bond donors (Lipinski definition) is 1. The highest BCUT2D eigenvalue weighted by Crippen LogP contribution is 2.32. The summed E-state index contributed by atoms with van der Waals surface area (Å²) >= 11 is 0. The largest absolute Gasteiger partial charge is 0.416 e. The van der Waals surface area contributed by atoms with E-state index in [1.54, 1.807) is 30.3 Å². The fourth-order valence-electron chi connectivity index (χ4n) is 3.82. The van der Waals surface area contributed by atoms with Crippen molar-refractivity contribution < 1.29 is 18.0 Å². The van der Waals surface area contributed by atoms with Crippen LogP contribution >= 0.6 is 0 Å². The molecular weight excluding hydrogens is 423 g/mol. The minimum atomic E-state index is -4.40. The van der Waals surface area contributed by atoms with E-state index in [1.807, 2.05) is 6.07 Å². The summed E-state index contributed by atoms with van der Waals surface area (Å²) in [5.41, 5.74) is 2.16. The molecule has 0 radical (unpaired) electrons. The number of alkyl halides is 3. The first kappa shape index (κ1) is 24.6. The summed E-state index contributed by atoms with van der Waals surface area (Å²) in [5.74, 6) is -0.202. The molecule has 0 saturated heterocycles. The predicted octanol–water partition coefficient (Wildman–Crippen LogP) is 7.69. The molecular formula is C28H30F3NO. The molecule has 2 nitrogen and oxygen atoms in total. The van der Waals surface area contributed by atoms with Crippen molar-refractivity contribution in [2.24, 2.45) is 0 Å². The zero-order valence-corrected chi connectivity index (χ0v) is 18.7. The Hall–Kier alpha value is -3.08. The third-order valence-electron chi connectivity index (χ3n) is 5.67. The molecule has 3 aromatic carbocycles. The number of amides is 1. The van der Waals surface area contributed by atoms with Crippen molar-refractivity contribution in [3.8, 4) is 11.1 Å². The van der Waals surface area contributed by atoms with Crippen molar-refractivity contribution in [1.82, 2.24) is 5.32 Å². The van der Waals surface area contributed by atoms with Crippen molar-refractivity contribution in [3.05, 3.63) is 95.6 Å².